The molecule has 6 nitrogen and oxygen atoms in total. The number of amides is 1. The predicted molar refractivity (Wildman–Crippen MR) is 94.9 cm³/mol. The minimum absolute atomic E-state index is 0.273. The lowest BCUT2D eigenvalue weighted by atomic mass is 10.1. The average molecular weight is 356 g/mol. The predicted octanol–water partition coefficient (Wildman–Crippen LogP) is 3.47. The first-order valence-electron chi connectivity index (χ1n) is 7.07. The first-order chi connectivity index (χ1) is 11.6. The van der Waals surface area contributed by atoms with Crippen molar-refractivity contribution >= 4 is 41.1 Å². The second-order valence-corrected chi connectivity index (χ2v) is 5.89. The molecule has 2 heterocycles. The minimum Gasteiger partial charge on any atom is -0.320 e. The number of aromatic amines is 1. The Morgan fingerprint density at radius 3 is 2.58 bits per heavy atom. The molecule has 0 radical (unpaired) electrons. The van der Waals surface area contributed by atoms with Crippen LogP contribution in [0.5, 0.6) is 0 Å². The molecule has 1 aliphatic heterocycles. The van der Waals surface area contributed by atoms with E-state index in [1.807, 2.05) is 42.5 Å². The number of hydrogen-bond donors (Lipinski definition) is 2. The smallest absolute Gasteiger partial charge is 0.276 e. The maximum atomic E-state index is 12.2. The number of carbonyl (C=O) groups excluding carboxylic acids is 1. The summed E-state index contributed by atoms with van der Waals surface area (Å²) in [7, 11) is 0. The van der Waals surface area contributed by atoms with Crippen molar-refractivity contribution < 1.29 is 4.79 Å². The highest BCUT2D eigenvalue weighted by atomic mass is 35.5. The van der Waals surface area contributed by atoms with Crippen molar-refractivity contribution in [3.8, 4) is 11.4 Å². The molecule has 0 aliphatic carbocycles. The summed E-state index contributed by atoms with van der Waals surface area (Å²) in [5.41, 5.74) is 2.38. The first kappa shape index (κ1) is 14.8. The lowest BCUT2D eigenvalue weighted by Crippen LogP contribution is -2.16. The van der Waals surface area contributed by atoms with Crippen LogP contribution in [0, 0.1) is 4.77 Å². The Morgan fingerprint density at radius 2 is 1.79 bits per heavy atom. The third kappa shape index (κ3) is 2.34. The van der Waals surface area contributed by atoms with Crippen LogP contribution < -0.4 is 5.32 Å². The molecule has 0 bridgehead atoms. The summed E-state index contributed by atoms with van der Waals surface area (Å²) >= 11 is 11.5. The largest absolute Gasteiger partial charge is 0.320 e. The quantitative estimate of drug-likeness (QED) is 0.691. The van der Waals surface area contributed by atoms with Crippen LogP contribution in [0.25, 0.3) is 11.4 Å². The molecule has 0 atom stereocenters. The van der Waals surface area contributed by atoms with Crippen LogP contribution in [0.15, 0.2) is 53.6 Å². The van der Waals surface area contributed by atoms with Gasteiger partial charge in [0.25, 0.3) is 5.91 Å². The Labute approximate surface area is 146 Å². The van der Waals surface area contributed by atoms with Gasteiger partial charge in [0.1, 0.15) is 0 Å². The number of anilines is 1. The molecule has 1 amide bonds. The molecule has 0 saturated heterocycles. The zero-order valence-electron chi connectivity index (χ0n) is 12.2. The third-order valence-corrected chi connectivity index (χ3v) is 4.20. The molecule has 2 aromatic carbocycles. The summed E-state index contributed by atoms with van der Waals surface area (Å²) in [6, 6.07) is 14.6. The van der Waals surface area contributed by atoms with Crippen molar-refractivity contribution in [1.82, 2.24) is 14.9 Å². The normalized spacial score (nSPS) is 14.7. The van der Waals surface area contributed by atoms with E-state index in [1.165, 1.54) is 4.68 Å². The number of aromatic nitrogens is 3. The van der Waals surface area contributed by atoms with E-state index >= 15 is 0 Å². The number of carbonyl (C=O) groups is 1. The molecule has 8 heteroatoms. The van der Waals surface area contributed by atoms with Crippen LogP contribution in [0.2, 0.25) is 5.02 Å². The van der Waals surface area contributed by atoms with Gasteiger partial charge < -0.3 is 5.32 Å². The molecule has 0 saturated carbocycles. The Kier molecular flexibility index (Phi) is 3.51. The fraction of sp³-hybridized carbons (Fsp3) is 0. The summed E-state index contributed by atoms with van der Waals surface area (Å²) in [4.78, 5) is 12.2. The van der Waals surface area contributed by atoms with Gasteiger partial charge in [-0.3, -0.25) is 4.79 Å². The Morgan fingerprint density at radius 1 is 1.08 bits per heavy atom. The minimum atomic E-state index is -0.288. The highest BCUT2D eigenvalue weighted by Crippen LogP contribution is 2.27. The molecular weight excluding hydrogens is 346 g/mol. The first-order valence-corrected chi connectivity index (χ1v) is 7.86. The molecule has 0 fully saturated rings. The molecule has 4 rings (SSSR count). The van der Waals surface area contributed by atoms with E-state index in [-0.39, 0.29) is 16.4 Å². The molecule has 118 valence electrons. The molecule has 1 aromatic heterocycles. The summed E-state index contributed by atoms with van der Waals surface area (Å²) in [6.45, 7) is 0. The van der Waals surface area contributed by atoms with Crippen LogP contribution in [0.4, 0.5) is 5.69 Å². The van der Waals surface area contributed by atoms with E-state index < -0.39 is 0 Å². The Balaban J connectivity index is 1.91. The van der Waals surface area contributed by atoms with Gasteiger partial charge in [-0.2, -0.15) is 14.9 Å². The summed E-state index contributed by atoms with van der Waals surface area (Å²) in [5, 5.41) is 14.6. The fourth-order valence-electron chi connectivity index (χ4n) is 2.50. The van der Waals surface area contributed by atoms with Crippen LogP contribution >= 0.6 is 23.8 Å². The van der Waals surface area contributed by atoms with Gasteiger partial charge in [0.15, 0.2) is 11.5 Å². The molecule has 0 spiro atoms. The van der Waals surface area contributed by atoms with Crippen LogP contribution in [-0.4, -0.2) is 26.5 Å². The Hall–Kier alpha value is -2.77. The number of nitrogens with one attached hydrogen (secondary N) is 2. The molecular formula is C16H10ClN5OS. The second-order valence-electron chi connectivity index (χ2n) is 5.09. The lowest BCUT2D eigenvalue weighted by Gasteiger charge is -2.04. The monoisotopic (exact) mass is 355 g/mol. The molecule has 2 N–H and O–H groups in total. The number of hydrogen-bond acceptors (Lipinski definition) is 4. The summed E-state index contributed by atoms with van der Waals surface area (Å²) in [6.07, 6.45) is 0. The highest BCUT2D eigenvalue weighted by molar-refractivity contribution is 7.71. The van der Waals surface area contributed by atoms with Crippen molar-refractivity contribution in [2.24, 2.45) is 5.10 Å². The van der Waals surface area contributed by atoms with Gasteiger partial charge >= 0.3 is 0 Å². The van der Waals surface area contributed by atoms with Gasteiger partial charge in [-0.05, 0) is 30.4 Å². The van der Waals surface area contributed by atoms with Crippen LogP contribution in [0.3, 0.4) is 0 Å². The zero-order valence-corrected chi connectivity index (χ0v) is 13.7. The van der Waals surface area contributed by atoms with Gasteiger partial charge in [0, 0.05) is 11.1 Å². The number of para-hydroxylation sites is 1. The number of nitrogens with zero attached hydrogens (tertiary/aromatic N) is 3. The van der Waals surface area contributed by atoms with Crippen molar-refractivity contribution in [3.63, 3.8) is 0 Å². The number of benzene rings is 2. The fourth-order valence-corrected chi connectivity index (χ4v) is 2.90. The van der Waals surface area contributed by atoms with Gasteiger partial charge in [-0.1, -0.05) is 41.9 Å². The summed E-state index contributed by atoms with van der Waals surface area (Å²) < 4.78 is 1.68. The molecule has 3 aromatic rings. The molecule has 0 unspecified atom stereocenters. The zero-order chi connectivity index (χ0) is 16.7. The maximum Gasteiger partial charge on any atom is 0.276 e. The average Bonchev–Trinajstić information content (AvgIpc) is 3.09. The number of halogens is 1. The highest BCUT2D eigenvalue weighted by Gasteiger charge is 2.26. The van der Waals surface area contributed by atoms with E-state index in [0.29, 0.717) is 16.4 Å². The van der Waals surface area contributed by atoms with Crippen LogP contribution in [0.1, 0.15) is 5.56 Å². The molecule has 24 heavy (non-hydrogen) atoms. The van der Waals surface area contributed by atoms with Gasteiger partial charge in [0.2, 0.25) is 4.77 Å². The second kappa shape index (κ2) is 5.70. The van der Waals surface area contributed by atoms with E-state index in [1.54, 1.807) is 6.07 Å². The maximum absolute atomic E-state index is 12.2. The van der Waals surface area contributed by atoms with Crippen molar-refractivity contribution in [2.75, 3.05) is 5.32 Å². The van der Waals surface area contributed by atoms with Gasteiger partial charge in [0.05, 0.1) is 10.7 Å². The number of H-pyrrole nitrogens is 1. The number of rotatable bonds is 2. The van der Waals surface area contributed by atoms with Crippen molar-refractivity contribution in [1.29, 1.82) is 0 Å². The lowest BCUT2D eigenvalue weighted by molar-refractivity contribution is -0.110. The number of fused-ring (bicyclic) bond motifs is 1. The SMILES string of the molecule is O=C1Nc2ccccc2/C1=N\n1c(-c2ccccc2Cl)n[nH]c1=S. The molecule has 1 aliphatic rings. The van der Waals surface area contributed by atoms with Crippen molar-refractivity contribution in [3.05, 3.63) is 63.9 Å². The van der Waals surface area contributed by atoms with Gasteiger partial charge in [-0.25, -0.2) is 5.10 Å². The van der Waals surface area contributed by atoms with E-state index in [4.69, 9.17) is 23.8 Å². The van der Waals surface area contributed by atoms with Crippen LogP contribution in [-0.2, 0) is 4.79 Å². The van der Waals surface area contributed by atoms with Gasteiger partial charge in [-0.15, -0.1) is 0 Å². The van der Waals surface area contributed by atoms with Crippen molar-refractivity contribution in [2.45, 2.75) is 0 Å². The van der Waals surface area contributed by atoms with E-state index in [0.717, 1.165) is 11.3 Å². The Bertz CT molecular complexity index is 1050. The summed E-state index contributed by atoms with van der Waals surface area (Å²) in [5.74, 6) is 0.152. The van der Waals surface area contributed by atoms with E-state index in [9.17, 15) is 4.79 Å². The van der Waals surface area contributed by atoms with E-state index in [2.05, 4.69) is 20.6 Å². The standard InChI is InChI=1S/C16H10ClN5OS/c17-11-7-3-1-5-9(11)14-19-20-16(24)22(14)21-13-10-6-2-4-8-12(10)18-15(13)23/h1-8H,(H,20,24)(H,18,21,23). The topological polar surface area (TPSA) is 75.1 Å². The third-order valence-electron chi connectivity index (χ3n) is 3.61.